The predicted octanol–water partition coefficient (Wildman–Crippen LogP) is 4.70. The average Bonchev–Trinajstić information content (AvgIpc) is 2.60. The van der Waals surface area contributed by atoms with E-state index in [0.29, 0.717) is 5.02 Å². The van der Waals surface area contributed by atoms with E-state index in [4.69, 9.17) is 27.9 Å². The summed E-state index contributed by atoms with van der Waals surface area (Å²) in [5.41, 5.74) is 8.55. The lowest BCUT2D eigenvalue weighted by molar-refractivity contribution is 1.35. The Morgan fingerprint density at radius 3 is 2.33 bits per heavy atom. The summed E-state index contributed by atoms with van der Waals surface area (Å²) in [5, 5.41) is 18.5. The van der Waals surface area contributed by atoms with Crippen LogP contribution < -0.4 is 5.73 Å². The van der Waals surface area contributed by atoms with E-state index in [1.165, 1.54) is 0 Å². The van der Waals surface area contributed by atoms with Crippen LogP contribution in [-0.2, 0) is 0 Å². The van der Waals surface area contributed by atoms with Crippen LogP contribution in [0.25, 0.3) is 11.6 Å². The van der Waals surface area contributed by atoms with Crippen LogP contribution in [-0.4, -0.2) is 0 Å². The molecule has 0 atom stereocenters. The molecule has 0 spiro atoms. The first-order valence-corrected chi connectivity index (χ1v) is 7.52. The van der Waals surface area contributed by atoms with Crippen LogP contribution in [0.4, 0.5) is 0 Å². The van der Waals surface area contributed by atoms with Gasteiger partial charge in [-0.2, -0.15) is 10.5 Å². The van der Waals surface area contributed by atoms with Crippen LogP contribution in [0.1, 0.15) is 11.1 Å². The number of rotatable bonds is 4. The van der Waals surface area contributed by atoms with Gasteiger partial charge in [0.15, 0.2) is 5.57 Å². The summed E-state index contributed by atoms with van der Waals surface area (Å²) in [6, 6.07) is 20.6. The van der Waals surface area contributed by atoms with Crippen molar-refractivity contribution in [2.24, 2.45) is 5.73 Å². The minimum Gasteiger partial charge on any atom is -0.397 e. The number of nitrogens with zero attached hydrogens (tertiary/aromatic N) is 2. The molecule has 4 heteroatoms. The first-order valence-electron chi connectivity index (χ1n) is 7.14. The second-order valence-corrected chi connectivity index (χ2v) is 5.34. The van der Waals surface area contributed by atoms with Crippen LogP contribution in [0.5, 0.6) is 0 Å². The Labute approximate surface area is 146 Å². The lowest BCUT2D eigenvalue weighted by Crippen LogP contribution is -1.98. The molecule has 0 aromatic heterocycles. The Kier molecular flexibility index (Phi) is 5.97. The van der Waals surface area contributed by atoms with Gasteiger partial charge in [0.1, 0.15) is 12.1 Å². The summed E-state index contributed by atoms with van der Waals surface area (Å²) in [7, 11) is 0. The van der Waals surface area contributed by atoms with Gasteiger partial charge in [0.2, 0.25) is 0 Å². The summed E-state index contributed by atoms with van der Waals surface area (Å²) < 4.78 is 0. The average molecular weight is 332 g/mol. The number of allylic oxidation sites excluding steroid dienone is 4. The van der Waals surface area contributed by atoms with E-state index >= 15 is 0 Å². The van der Waals surface area contributed by atoms with Crippen molar-refractivity contribution in [1.82, 2.24) is 0 Å². The molecule has 2 aromatic carbocycles. The molecule has 0 saturated carbocycles. The molecule has 0 saturated heterocycles. The van der Waals surface area contributed by atoms with E-state index in [2.05, 4.69) is 0 Å². The molecule has 0 aliphatic rings. The normalized spacial score (nSPS) is 10.9. The second kappa shape index (κ2) is 8.39. The Hall–Kier alpha value is -3.27. The maximum absolute atomic E-state index is 8.95. The number of nitriles is 2. The van der Waals surface area contributed by atoms with Gasteiger partial charge in [-0.15, -0.1) is 0 Å². The first kappa shape index (κ1) is 17.1. The van der Waals surface area contributed by atoms with E-state index in [0.717, 1.165) is 16.7 Å². The molecule has 0 aliphatic heterocycles. The molecule has 0 aliphatic carbocycles. The number of benzene rings is 2. The SMILES string of the molecule is N#CC(C#N)=C(N)/C=C(/C=C/c1cccc(Cl)c1)c1ccccc1. The molecule has 2 rings (SSSR count). The molecule has 2 N–H and O–H groups in total. The molecule has 0 heterocycles. The highest BCUT2D eigenvalue weighted by Gasteiger charge is 2.03. The standard InChI is InChI=1S/C20H14ClN3/c21-19-8-4-5-15(11-19)9-10-17(16-6-2-1-3-7-16)12-20(24)18(13-22)14-23/h1-12H,24H2/b10-9+,17-12-. The van der Waals surface area contributed by atoms with Crippen molar-refractivity contribution in [2.45, 2.75) is 0 Å². The molecule has 116 valence electrons. The van der Waals surface area contributed by atoms with Crippen molar-refractivity contribution < 1.29 is 0 Å². The van der Waals surface area contributed by atoms with Crippen molar-refractivity contribution in [3.63, 3.8) is 0 Å². The number of nitrogens with two attached hydrogens (primary N) is 1. The fourth-order valence-corrected chi connectivity index (χ4v) is 2.25. The first-order chi connectivity index (χ1) is 11.6. The Bertz CT molecular complexity index is 878. The summed E-state index contributed by atoms with van der Waals surface area (Å²) in [6.45, 7) is 0. The van der Waals surface area contributed by atoms with Crippen LogP contribution in [0.15, 0.2) is 78.0 Å². The number of hydrogen-bond acceptors (Lipinski definition) is 3. The largest absolute Gasteiger partial charge is 0.397 e. The van der Waals surface area contributed by atoms with E-state index in [9.17, 15) is 0 Å². The lowest BCUT2D eigenvalue weighted by Gasteiger charge is -2.04. The van der Waals surface area contributed by atoms with Gasteiger partial charge in [-0.3, -0.25) is 0 Å². The molecule has 0 bridgehead atoms. The Morgan fingerprint density at radius 1 is 1.00 bits per heavy atom. The highest BCUT2D eigenvalue weighted by Crippen LogP contribution is 2.20. The zero-order chi connectivity index (χ0) is 17.4. The van der Waals surface area contributed by atoms with Gasteiger partial charge in [0.25, 0.3) is 0 Å². The quantitative estimate of drug-likeness (QED) is 0.652. The monoisotopic (exact) mass is 331 g/mol. The van der Waals surface area contributed by atoms with Crippen molar-refractivity contribution in [1.29, 1.82) is 10.5 Å². The van der Waals surface area contributed by atoms with Gasteiger partial charge < -0.3 is 5.73 Å². The van der Waals surface area contributed by atoms with Crippen molar-refractivity contribution in [2.75, 3.05) is 0 Å². The maximum Gasteiger partial charge on any atom is 0.152 e. The lowest BCUT2D eigenvalue weighted by atomic mass is 10.0. The fourth-order valence-electron chi connectivity index (χ4n) is 2.05. The third-order valence-corrected chi connectivity index (χ3v) is 3.47. The Morgan fingerprint density at radius 2 is 1.71 bits per heavy atom. The molecule has 0 fully saturated rings. The van der Waals surface area contributed by atoms with Crippen molar-refractivity contribution in [3.8, 4) is 12.1 Å². The van der Waals surface area contributed by atoms with Crippen LogP contribution >= 0.6 is 11.6 Å². The second-order valence-electron chi connectivity index (χ2n) is 4.91. The summed E-state index contributed by atoms with van der Waals surface area (Å²) in [6.07, 6.45) is 5.40. The molecule has 2 aromatic rings. The topological polar surface area (TPSA) is 73.6 Å². The van der Waals surface area contributed by atoms with Crippen LogP contribution in [0.2, 0.25) is 5.02 Å². The third-order valence-electron chi connectivity index (χ3n) is 3.23. The van der Waals surface area contributed by atoms with Gasteiger partial charge >= 0.3 is 0 Å². The Balaban J connectivity index is 2.47. The van der Waals surface area contributed by atoms with Gasteiger partial charge in [-0.1, -0.05) is 66.2 Å². The van der Waals surface area contributed by atoms with Crippen molar-refractivity contribution in [3.05, 3.63) is 94.2 Å². The maximum atomic E-state index is 8.95. The number of halogens is 1. The molecule has 0 amide bonds. The molecular formula is C20H14ClN3. The van der Waals surface area contributed by atoms with Crippen molar-refractivity contribution >= 4 is 23.3 Å². The third kappa shape index (κ3) is 4.61. The molecule has 0 unspecified atom stereocenters. The van der Waals surface area contributed by atoms with Crippen LogP contribution in [0, 0.1) is 22.7 Å². The molecule has 3 nitrogen and oxygen atoms in total. The summed E-state index contributed by atoms with van der Waals surface area (Å²) in [4.78, 5) is 0. The predicted molar refractivity (Wildman–Crippen MR) is 97.3 cm³/mol. The number of hydrogen-bond donors (Lipinski definition) is 1. The summed E-state index contributed by atoms with van der Waals surface area (Å²) in [5.74, 6) is 0. The van der Waals surface area contributed by atoms with E-state index in [1.54, 1.807) is 24.3 Å². The summed E-state index contributed by atoms with van der Waals surface area (Å²) >= 11 is 5.99. The molecule has 24 heavy (non-hydrogen) atoms. The highest BCUT2D eigenvalue weighted by molar-refractivity contribution is 6.30. The zero-order valence-electron chi connectivity index (χ0n) is 12.8. The highest BCUT2D eigenvalue weighted by atomic mass is 35.5. The van der Waals surface area contributed by atoms with Gasteiger partial charge in [-0.05, 0) is 34.9 Å². The molecular weight excluding hydrogens is 318 g/mol. The van der Waals surface area contributed by atoms with E-state index < -0.39 is 0 Å². The zero-order valence-corrected chi connectivity index (χ0v) is 13.5. The van der Waals surface area contributed by atoms with Crippen LogP contribution in [0.3, 0.4) is 0 Å². The molecule has 0 radical (unpaired) electrons. The van der Waals surface area contributed by atoms with Gasteiger partial charge in [0, 0.05) is 5.02 Å². The van der Waals surface area contributed by atoms with E-state index in [-0.39, 0.29) is 11.3 Å². The fraction of sp³-hybridized carbons (Fsp3) is 0. The minimum atomic E-state index is -0.111. The van der Waals surface area contributed by atoms with E-state index in [1.807, 2.05) is 60.7 Å². The van der Waals surface area contributed by atoms with Gasteiger partial charge in [0.05, 0.1) is 5.70 Å². The van der Waals surface area contributed by atoms with Gasteiger partial charge in [-0.25, -0.2) is 0 Å². The minimum absolute atomic E-state index is 0.111. The smallest absolute Gasteiger partial charge is 0.152 e.